The lowest BCUT2D eigenvalue weighted by atomic mass is 9.60. The number of aliphatic hydroxyl groups excluding tert-OH is 2. The molecular weight excluding hydrogens is 356 g/mol. The maximum atomic E-state index is 10.1. The van der Waals surface area contributed by atoms with Gasteiger partial charge in [-0.05, 0) is 78.8 Å². The van der Waals surface area contributed by atoms with E-state index >= 15 is 0 Å². The van der Waals surface area contributed by atoms with Crippen LogP contribution >= 0.6 is 0 Å². The van der Waals surface area contributed by atoms with Gasteiger partial charge in [0.25, 0.3) is 0 Å². The molecule has 0 bridgehead atoms. The fourth-order valence-electron chi connectivity index (χ4n) is 6.73. The molecule has 2 nitrogen and oxygen atoms in total. The molecule has 0 aromatic heterocycles. The van der Waals surface area contributed by atoms with E-state index in [-0.39, 0.29) is 0 Å². The van der Waals surface area contributed by atoms with Crippen LogP contribution in [0.15, 0.2) is 35.5 Å². The van der Waals surface area contributed by atoms with E-state index in [1.165, 1.54) is 51.4 Å². The molecule has 3 fully saturated rings. The van der Waals surface area contributed by atoms with Gasteiger partial charge in [-0.3, -0.25) is 0 Å². The summed E-state index contributed by atoms with van der Waals surface area (Å²) in [6, 6.07) is 0. The molecule has 3 saturated carbocycles. The second kappa shape index (κ2) is 9.52. The zero-order valence-electron chi connectivity index (χ0n) is 19.3. The van der Waals surface area contributed by atoms with Gasteiger partial charge >= 0.3 is 0 Å². The lowest BCUT2D eigenvalue weighted by molar-refractivity contribution is 0.0861. The normalized spacial score (nSPS) is 39.3. The first-order valence-corrected chi connectivity index (χ1v) is 12.2. The topological polar surface area (TPSA) is 40.5 Å². The summed E-state index contributed by atoms with van der Waals surface area (Å²) in [6.07, 6.45) is 15.2. The van der Waals surface area contributed by atoms with Crippen molar-refractivity contribution < 1.29 is 10.2 Å². The molecular formula is C27H44O2. The van der Waals surface area contributed by atoms with Crippen LogP contribution in [0.2, 0.25) is 0 Å². The SMILES string of the molecule is C=C1C(=CC=C2CCC[C@]3(C)[C@@H]([C@H](C)CCCC(C)C)CC[C@@H]23)C[C@H](O)C[C@@H]1O. The predicted molar refractivity (Wildman–Crippen MR) is 123 cm³/mol. The summed E-state index contributed by atoms with van der Waals surface area (Å²) in [4.78, 5) is 0. The molecule has 164 valence electrons. The standard InChI is InChI=1S/C27H44O2/c1-18(2)8-6-9-19(3)24-13-14-25-21(10-7-15-27(24,25)5)11-12-22-16-23(28)17-26(29)20(22)4/h11-12,18-19,23-26,28-29H,4,6-10,13-17H2,1-3,5H3/t19-,23+,24-,25+,26+,27-/m1/s1. The van der Waals surface area contributed by atoms with E-state index in [1.54, 1.807) is 5.57 Å². The number of hydrogen-bond donors (Lipinski definition) is 2. The average molecular weight is 401 g/mol. The Hall–Kier alpha value is -0.860. The number of fused-ring (bicyclic) bond motifs is 1. The molecule has 0 heterocycles. The van der Waals surface area contributed by atoms with E-state index in [9.17, 15) is 10.2 Å². The monoisotopic (exact) mass is 400 g/mol. The fraction of sp³-hybridized carbons (Fsp3) is 0.778. The van der Waals surface area contributed by atoms with Crippen molar-refractivity contribution in [2.45, 2.75) is 104 Å². The summed E-state index contributed by atoms with van der Waals surface area (Å²) in [5.74, 6) is 3.20. The van der Waals surface area contributed by atoms with Crippen molar-refractivity contribution in [2.24, 2.45) is 29.1 Å². The minimum absolute atomic E-state index is 0.420. The van der Waals surface area contributed by atoms with Crippen molar-refractivity contribution in [3.05, 3.63) is 35.5 Å². The Kier molecular flexibility index (Phi) is 7.49. The van der Waals surface area contributed by atoms with E-state index in [0.29, 0.717) is 24.2 Å². The zero-order valence-corrected chi connectivity index (χ0v) is 19.3. The molecule has 3 aliphatic rings. The summed E-state index contributed by atoms with van der Waals surface area (Å²) >= 11 is 0. The van der Waals surface area contributed by atoms with Crippen molar-refractivity contribution in [3.8, 4) is 0 Å². The Balaban J connectivity index is 1.71. The quantitative estimate of drug-likeness (QED) is 0.528. The van der Waals surface area contributed by atoms with Crippen molar-refractivity contribution in [2.75, 3.05) is 0 Å². The first kappa shape index (κ1) is 22.8. The Bertz CT molecular complexity index is 643. The number of allylic oxidation sites excluding steroid dienone is 3. The van der Waals surface area contributed by atoms with E-state index in [2.05, 4.69) is 46.4 Å². The lowest BCUT2D eigenvalue weighted by Crippen LogP contribution is -2.36. The van der Waals surface area contributed by atoms with Crippen LogP contribution in [0.25, 0.3) is 0 Å². The molecule has 0 spiro atoms. The van der Waals surface area contributed by atoms with Crippen LogP contribution in [0.3, 0.4) is 0 Å². The molecule has 0 radical (unpaired) electrons. The van der Waals surface area contributed by atoms with E-state index in [0.717, 1.165) is 28.9 Å². The molecule has 3 rings (SSSR count). The summed E-state index contributed by atoms with van der Waals surface area (Å²) in [7, 11) is 0. The molecule has 3 aliphatic carbocycles. The third-order valence-corrected chi connectivity index (χ3v) is 8.43. The van der Waals surface area contributed by atoms with Crippen LogP contribution in [0.5, 0.6) is 0 Å². The summed E-state index contributed by atoms with van der Waals surface area (Å²) in [5, 5.41) is 20.2. The second-order valence-corrected chi connectivity index (χ2v) is 11.0. The van der Waals surface area contributed by atoms with Gasteiger partial charge in [0.05, 0.1) is 12.2 Å². The van der Waals surface area contributed by atoms with E-state index in [4.69, 9.17) is 0 Å². The Morgan fingerprint density at radius 1 is 1.14 bits per heavy atom. The van der Waals surface area contributed by atoms with E-state index in [1.807, 2.05) is 0 Å². The zero-order chi connectivity index (χ0) is 21.2. The highest BCUT2D eigenvalue weighted by molar-refractivity contribution is 5.38. The van der Waals surface area contributed by atoms with Crippen molar-refractivity contribution in [1.82, 2.24) is 0 Å². The molecule has 29 heavy (non-hydrogen) atoms. The van der Waals surface area contributed by atoms with Gasteiger partial charge < -0.3 is 10.2 Å². The third-order valence-electron chi connectivity index (χ3n) is 8.43. The molecule has 2 heteroatoms. The lowest BCUT2D eigenvalue weighted by Gasteiger charge is -2.44. The molecule has 6 atom stereocenters. The van der Waals surface area contributed by atoms with Crippen molar-refractivity contribution in [3.63, 3.8) is 0 Å². The molecule has 0 saturated heterocycles. The highest BCUT2D eigenvalue weighted by Gasteiger charge is 2.50. The van der Waals surface area contributed by atoms with Crippen LogP contribution in [0.1, 0.15) is 91.9 Å². The number of rotatable bonds is 6. The maximum absolute atomic E-state index is 10.1. The number of aliphatic hydroxyl groups is 2. The molecule has 0 amide bonds. The third kappa shape index (κ3) is 5.07. The summed E-state index contributed by atoms with van der Waals surface area (Å²) in [5.41, 5.74) is 3.88. The van der Waals surface area contributed by atoms with Gasteiger partial charge in [0, 0.05) is 6.42 Å². The first-order chi connectivity index (χ1) is 13.7. The number of hydrogen-bond acceptors (Lipinski definition) is 2. The smallest absolute Gasteiger partial charge is 0.0811 e. The van der Waals surface area contributed by atoms with Gasteiger partial charge in [-0.25, -0.2) is 0 Å². The Labute approximate surface area is 179 Å². The van der Waals surface area contributed by atoms with Gasteiger partial charge in [-0.1, -0.05) is 71.3 Å². The van der Waals surface area contributed by atoms with Gasteiger partial charge in [0.15, 0.2) is 0 Å². The molecule has 0 unspecified atom stereocenters. The van der Waals surface area contributed by atoms with Crippen molar-refractivity contribution in [1.29, 1.82) is 0 Å². The summed E-state index contributed by atoms with van der Waals surface area (Å²) < 4.78 is 0. The maximum Gasteiger partial charge on any atom is 0.0811 e. The van der Waals surface area contributed by atoms with Gasteiger partial charge in [-0.15, -0.1) is 0 Å². The van der Waals surface area contributed by atoms with Gasteiger partial charge in [0.2, 0.25) is 0 Å². The average Bonchev–Trinajstić information content (AvgIpc) is 3.00. The Morgan fingerprint density at radius 2 is 1.90 bits per heavy atom. The fourth-order valence-corrected chi connectivity index (χ4v) is 6.73. The largest absolute Gasteiger partial charge is 0.393 e. The second-order valence-electron chi connectivity index (χ2n) is 11.0. The highest BCUT2D eigenvalue weighted by atomic mass is 16.3. The van der Waals surface area contributed by atoms with Crippen molar-refractivity contribution >= 4 is 0 Å². The first-order valence-electron chi connectivity index (χ1n) is 12.2. The van der Waals surface area contributed by atoms with Crippen LogP contribution in [0.4, 0.5) is 0 Å². The van der Waals surface area contributed by atoms with Crippen LogP contribution in [-0.2, 0) is 0 Å². The van der Waals surface area contributed by atoms with Crippen LogP contribution in [0, 0.1) is 29.1 Å². The van der Waals surface area contributed by atoms with Gasteiger partial charge in [0.1, 0.15) is 0 Å². The Morgan fingerprint density at radius 3 is 2.62 bits per heavy atom. The molecule has 0 aromatic rings. The van der Waals surface area contributed by atoms with Gasteiger partial charge in [-0.2, -0.15) is 0 Å². The van der Waals surface area contributed by atoms with Crippen LogP contribution < -0.4 is 0 Å². The minimum Gasteiger partial charge on any atom is -0.393 e. The van der Waals surface area contributed by atoms with Crippen LogP contribution in [-0.4, -0.2) is 22.4 Å². The predicted octanol–water partition coefficient (Wildman–Crippen LogP) is 6.59. The molecule has 0 aromatic carbocycles. The minimum atomic E-state index is -0.595. The molecule has 2 N–H and O–H groups in total. The van der Waals surface area contributed by atoms with E-state index < -0.39 is 12.2 Å². The molecule has 0 aliphatic heterocycles. The summed E-state index contributed by atoms with van der Waals surface area (Å²) in [6.45, 7) is 13.8. The highest BCUT2D eigenvalue weighted by Crippen LogP contribution is 2.59.